The van der Waals surface area contributed by atoms with Gasteiger partial charge in [0.1, 0.15) is 24.2 Å². The third-order valence-corrected chi connectivity index (χ3v) is 8.17. The van der Waals surface area contributed by atoms with Crippen LogP contribution in [0.3, 0.4) is 0 Å². The summed E-state index contributed by atoms with van der Waals surface area (Å²) in [4.78, 5) is 44.5. The minimum atomic E-state index is -1.19. The van der Waals surface area contributed by atoms with Crippen LogP contribution < -0.4 is 4.90 Å². The van der Waals surface area contributed by atoms with Gasteiger partial charge in [0, 0.05) is 30.4 Å². The minimum absolute atomic E-state index is 0.0218. The molecular formula is C27H33ClN2O6. The van der Waals surface area contributed by atoms with Crippen LogP contribution in [-0.2, 0) is 23.9 Å². The van der Waals surface area contributed by atoms with E-state index in [-0.39, 0.29) is 44.0 Å². The second-order valence-electron chi connectivity index (χ2n) is 9.95. The van der Waals surface area contributed by atoms with Gasteiger partial charge in [-0.1, -0.05) is 37.3 Å². The Kier molecular flexibility index (Phi) is 7.33. The number of benzene rings is 1. The second kappa shape index (κ2) is 10.00. The van der Waals surface area contributed by atoms with Crippen molar-refractivity contribution in [2.45, 2.75) is 43.9 Å². The molecule has 3 aliphatic rings. The highest BCUT2D eigenvalue weighted by Gasteiger charge is 2.80. The van der Waals surface area contributed by atoms with Crippen LogP contribution in [0.4, 0.5) is 5.69 Å². The van der Waals surface area contributed by atoms with E-state index in [0.29, 0.717) is 23.6 Å². The first-order chi connectivity index (χ1) is 17.2. The van der Waals surface area contributed by atoms with Gasteiger partial charge >= 0.3 is 5.97 Å². The fourth-order valence-corrected chi connectivity index (χ4v) is 6.44. The molecule has 2 bridgehead atoms. The van der Waals surface area contributed by atoms with E-state index < -0.39 is 35.0 Å². The molecule has 4 rings (SSSR count). The maximum absolute atomic E-state index is 14.3. The summed E-state index contributed by atoms with van der Waals surface area (Å²) in [6, 6.07) is 5.88. The highest BCUT2D eigenvalue weighted by atomic mass is 35.5. The quantitative estimate of drug-likeness (QED) is 0.379. The summed E-state index contributed by atoms with van der Waals surface area (Å²) in [5.74, 6) is -3.00. The predicted molar refractivity (Wildman–Crippen MR) is 135 cm³/mol. The minimum Gasteiger partial charge on any atom is -0.461 e. The largest absolute Gasteiger partial charge is 0.461 e. The number of ether oxygens (including phenoxy) is 2. The molecule has 3 aliphatic heterocycles. The molecule has 1 aromatic carbocycles. The Morgan fingerprint density at radius 1 is 1.31 bits per heavy atom. The van der Waals surface area contributed by atoms with E-state index in [1.807, 2.05) is 13.8 Å². The van der Waals surface area contributed by atoms with Crippen molar-refractivity contribution in [1.29, 1.82) is 0 Å². The lowest BCUT2D eigenvalue weighted by molar-refractivity contribution is -0.160. The molecule has 9 heteroatoms. The standard InChI is InChI=1S/C27H33ClN2O6/c1-5-12-29(19-10-8-18(28)9-11-19)24(33)22-27-16-17(3)26(4,36-27)21(25(34)35-15-6-2)20(27)23(32)30(22)13-7-14-31/h5-6,8-11,17,20-22,31H,1-2,7,12-16H2,3-4H3/t17?,20-,21-,22?,26+,27?/m0/s1. The van der Waals surface area contributed by atoms with Crippen molar-refractivity contribution in [2.75, 3.05) is 31.2 Å². The van der Waals surface area contributed by atoms with Crippen LogP contribution in [0.15, 0.2) is 49.6 Å². The number of anilines is 1. The van der Waals surface area contributed by atoms with Gasteiger partial charge in [-0.25, -0.2) is 0 Å². The fraction of sp³-hybridized carbons (Fsp3) is 0.519. The number of amides is 2. The smallest absolute Gasteiger partial charge is 0.313 e. The zero-order chi connectivity index (χ0) is 26.3. The fourth-order valence-electron chi connectivity index (χ4n) is 6.31. The van der Waals surface area contributed by atoms with Gasteiger partial charge in [0.05, 0.1) is 11.5 Å². The van der Waals surface area contributed by atoms with Crippen molar-refractivity contribution in [1.82, 2.24) is 4.90 Å². The summed E-state index contributed by atoms with van der Waals surface area (Å²) in [7, 11) is 0. The third kappa shape index (κ3) is 3.96. The molecule has 194 valence electrons. The Balaban J connectivity index is 1.80. The van der Waals surface area contributed by atoms with Crippen molar-refractivity contribution < 1.29 is 29.0 Å². The molecule has 8 nitrogen and oxygen atoms in total. The Morgan fingerprint density at radius 3 is 2.61 bits per heavy atom. The summed E-state index contributed by atoms with van der Waals surface area (Å²) >= 11 is 6.07. The topological polar surface area (TPSA) is 96.4 Å². The number of aliphatic hydroxyl groups is 1. The molecular weight excluding hydrogens is 484 g/mol. The van der Waals surface area contributed by atoms with E-state index in [2.05, 4.69) is 13.2 Å². The molecule has 0 radical (unpaired) electrons. The number of halogens is 1. The van der Waals surface area contributed by atoms with E-state index in [1.165, 1.54) is 11.0 Å². The molecule has 36 heavy (non-hydrogen) atoms. The number of rotatable bonds is 10. The number of carbonyl (C=O) groups excluding carboxylic acids is 3. The van der Waals surface area contributed by atoms with Crippen LogP contribution in [0.1, 0.15) is 26.7 Å². The average molecular weight is 517 g/mol. The monoisotopic (exact) mass is 516 g/mol. The molecule has 1 spiro atoms. The first kappa shape index (κ1) is 26.4. The van der Waals surface area contributed by atoms with Crippen LogP contribution in [0.2, 0.25) is 5.02 Å². The molecule has 3 saturated heterocycles. The van der Waals surface area contributed by atoms with Crippen LogP contribution in [0, 0.1) is 17.8 Å². The van der Waals surface area contributed by atoms with E-state index in [1.54, 1.807) is 35.2 Å². The summed E-state index contributed by atoms with van der Waals surface area (Å²) in [6.07, 6.45) is 3.82. The van der Waals surface area contributed by atoms with E-state index in [4.69, 9.17) is 21.1 Å². The Hall–Kier alpha value is -2.68. The normalized spacial score (nSPS) is 32.3. The highest BCUT2D eigenvalue weighted by Crippen LogP contribution is 2.65. The van der Waals surface area contributed by atoms with Gasteiger partial charge in [-0.15, -0.1) is 6.58 Å². The van der Waals surface area contributed by atoms with Crippen molar-refractivity contribution in [3.05, 3.63) is 54.6 Å². The van der Waals surface area contributed by atoms with E-state index in [9.17, 15) is 19.5 Å². The Labute approximate surface area is 216 Å². The number of hydrogen-bond acceptors (Lipinski definition) is 6. The molecule has 1 N–H and O–H groups in total. The maximum atomic E-state index is 14.3. The molecule has 3 fully saturated rings. The summed E-state index contributed by atoms with van der Waals surface area (Å²) in [6.45, 7) is 11.5. The molecule has 0 aliphatic carbocycles. The summed E-state index contributed by atoms with van der Waals surface area (Å²) < 4.78 is 12.1. The SMILES string of the molecule is C=CCOC(=O)[C@@H]1[C@H]2C(=O)N(CCCO)C(C(=O)N(CC=C)c3ccc(Cl)cc3)C23CC(C)[C@@]1(C)O3. The summed E-state index contributed by atoms with van der Waals surface area (Å²) in [5.41, 5.74) is -1.54. The molecule has 0 saturated carbocycles. The van der Waals surface area contributed by atoms with Crippen LogP contribution >= 0.6 is 11.6 Å². The van der Waals surface area contributed by atoms with Crippen molar-refractivity contribution in [2.24, 2.45) is 17.8 Å². The predicted octanol–water partition coefficient (Wildman–Crippen LogP) is 2.98. The first-order valence-electron chi connectivity index (χ1n) is 12.2. The zero-order valence-electron chi connectivity index (χ0n) is 20.7. The lowest BCUT2D eigenvalue weighted by atomic mass is 9.62. The maximum Gasteiger partial charge on any atom is 0.313 e. The van der Waals surface area contributed by atoms with Gasteiger partial charge in [-0.05, 0) is 49.9 Å². The van der Waals surface area contributed by atoms with Crippen molar-refractivity contribution in [3.8, 4) is 0 Å². The van der Waals surface area contributed by atoms with Crippen LogP contribution in [0.5, 0.6) is 0 Å². The molecule has 2 amide bonds. The van der Waals surface area contributed by atoms with E-state index in [0.717, 1.165) is 0 Å². The van der Waals surface area contributed by atoms with Gasteiger partial charge in [-0.2, -0.15) is 0 Å². The number of carbonyl (C=O) groups is 3. The lowest BCUT2D eigenvalue weighted by Gasteiger charge is -2.37. The first-order valence-corrected chi connectivity index (χ1v) is 12.6. The van der Waals surface area contributed by atoms with E-state index >= 15 is 0 Å². The van der Waals surface area contributed by atoms with Crippen LogP contribution in [0.25, 0.3) is 0 Å². The van der Waals surface area contributed by atoms with Gasteiger partial charge in [0.25, 0.3) is 5.91 Å². The molecule has 3 heterocycles. The summed E-state index contributed by atoms with van der Waals surface area (Å²) in [5, 5.41) is 10.0. The number of fused-ring (bicyclic) bond motifs is 1. The Morgan fingerprint density at radius 2 is 2.00 bits per heavy atom. The van der Waals surface area contributed by atoms with Gasteiger partial charge in [0.15, 0.2) is 0 Å². The number of likely N-dealkylation sites (tertiary alicyclic amines) is 1. The number of aliphatic hydroxyl groups excluding tert-OH is 1. The van der Waals surface area contributed by atoms with Gasteiger partial charge < -0.3 is 24.4 Å². The molecule has 6 atom stereocenters. The highest BCUT2D eigenvalue weighted by molar-refractivity contribution is 6.30. The van der Waals surface area contributed by atoms with Crippen molar-refractivity contribution >= 4 is 35.1 Å². The van der Waals surface area contributed by atoms with Gasteiger partial charge in [-0.3, -0.25) is 14.4 Å². The molecule has 3 unspecified atom stereocenters. The third-order valence-electron chi connectivity index (χ3n) is 7.92. The molecule has 0 aromatic heterocycles. The average Bonchev–Trinajstić information content (AvgIpc) is 3.36. The van der Waals surface area contributed by atoms with Gasteiger partial charge in [0.2, 0.25) is 5.91 Å². The molecule has 1 aromatic rings. The number of esters is 1. The van der Waals surface area contributed by atoms with Crippen LogP contribution in [-0.4, -0.2) is 71.3 Å². The van der Waals surface area contributed by atoms with Crippen molar-refractivity contribution in [3.63, 3.8) is 0 Å². The lowest BCUT2D eigenvalue weighted by Crippen LogP contribution is -2.57. The second-order valence-corrected chi connectivity index (χ2v) is 10.4. The zero-order valence-corrected chi connectivity index (χ0v) is 21.4. The number of hydrogen-bond donors (Lipinski definition) is 1. The number of nitrogens with zero attached hydrogens (tertiary/aromatic N) is 2. The Bertz CT molecular complexity index is 1060.